The van der Waals surface area contributed by atoms with E-state index in [-0.39, 0.29) is 5.82 Å². The molecule has 6 heteroatoms. The molecule has 0 radical (unpaired) electrons. The molecule has 1 N–H and O–H groups in total. The lowest BCUT2D eigenvalue weighted by Crippen LogP contribution is -2.15. The number of halogens is 1. The van der Waals surface area contributed by atoms with Gasteiger partial charge in [0.15, 0.2) is 5.82 Å². The maximum atomic E-state index is 12.9. The first-order valence-electron chi connectivity index (χ1n) is 9.60. The highest BCUT2D eigenvalue weighted by atomic mass is 35.5. The largest absolute Gasteiger partial charge is 0.318 e. The number of carbonyl (C=O) groups is 1. The highest BCUT2D eigenvalue weighted by molar-refractivity contribution is 6.34. The molecule has 1 heterocycles. The van der Waals surface area contributed by atoms with E-state index in [1.165, 1.54) is 0 Å². The van der Waals surface area contributed by atoms with Gasteiger partial charge in [-0.25, -0.2) is 9.67 Å². The molecule has 1 amide bonds. The molecule has 0 bridgehead atoms. The third-order valence-electron chi connectivity index (χ3n) is 4.86. The zero-order valence-electron chi connectivity index (χ0n) is 17.0. The van der Waals surface area contributed by atoms with E-state index in [1.807, 2.05) is 81.4 Å². The van der Waals surface area contributed by atoms with Crippen molar-refractivity contribution in [2.75, 3.05) is 5.32 Å². The molecular weight excluding hydrogens is 396 g/mol. The smallest absolute Gasteiger partial charge is 0.295 e. The van der Waals surface area contributed by atoms with E-state index in [0.29, 0.717) is 16.5 Å². The van der Waals surface area contributed by atoms with Crippen molar-refractivity contribution in [2.45, 2.75) is 20.8 Å². The molecule has 0 aliphatic rings. The van der Waals surface area contributed by atoms with E-state index in [9.17, 15) is 4.79 Å². The Labute approximate surface area is 180 Å². The van der Waals surface area contributed by atoms with Crippen LogP contribution in [0, 0.1) is 20.8 Å². The molecule has 0 aliphatic carbocycles. The van der Waals surface area contributed by atoms with Gasteiger partial charge in [0, 0.05) is 5.56 Å². The fourth-order valence-corrected chi connectivity index (χ4v) is 3.39. The first-order valence-corrected chi connectivity index (χ1v) is 9.98. The molecule has 30 heavy (non-hydrogen) atoms. The lowest BCUT2D eigenvalue weighted by Gasteiger charge is -2.08. The van der Waals surface area contributed by atoms with Gasteiger partial charge in [-0.05, 0) is 44.5 Å². The number of aryl methyl sites for hydroxylation is 3. The summed E-state index contributed by atoms with van der Waals surface area (Å²) in [6.45, 7) is 5.94. The minimum Gasteiger partial charge on any atom is -0.318 e. The zero-order chi connectivity index (χ0) is 21.3. The summed E-state index contributed by atoms with van der Waals surface area (Å²) in [5.74, 6) is 0.260. The Bertz CT molecular complexity index is 1130. The number of anilines is 1. The summed E-state index contributed by atoms with van der Waals surface area (Å²) in [6.07, 6.45) is 0. The standard InChI is InChI=1S/C24H21ClN4O/c1-15-7-11-18(12-8-15)23-27-22(28-29(23)19-13-9-16(2)10-14-19)24(30)26-21-17(3)5-4-6-20(21)25/h4-14H,1-3H3,(H,26,30). The Hall–Kier alpha value is -3.44. The highest BCUT2D eigenvalue weighted by Crippen LogP contribution is 2.26. The molecule has 0 atom stereocenters. The van der Waals surface area contributed by atoms with Gasteiger partial charge >= 0.3 is 0 Å². The summed E-state index contributed by atoms with van der Waals surface area (Å²) in [7, 11) is 0. The molecule has 4 rings (SSSR count). The van der Waals surface area contributed by atoms with Crippen LogP contribution in [0.15, 0.2) is 66.7 Å². The van der Waals surface area contributed by atoms with Crippen molar-refractivity contribution in [3.05, 3.63) is 94.3 Å². The van der Waals surface area contributed by atoms with Crippen LogP contribution in [-0.4, -0.2) is 20.7 Å². The second kappa shape index (κ2) is 8.13. The topological polar surface area (TPSA) is 59.8 Å². The number of para-hydroxylation sites is 1. The third-order valence-corrected chi connectivity index (χ3v) is 5.17. The number of carbonyl (C=O) groups excluding carboxylic acids is 1. The van der Waals surface area contributed by atoms with Crippen LogP contribution in [0.4, 0.5) is 5.69 Å². The molecule has 0 unspecified atom stereocenters. The van der Waals surface area contributed by atoms with E-state index < -0.39 is 5.91 Å². The molecule has 1 aromatic heterocycles. The number of hydrogen-bond acceptors (Lipinski definition) is 3. The minimum absolute atomic E-state index is 0.0745. The molecule has 0 aliphatic heterocycles. The van der Waals surface area contributed by atoms with E-state index in [1.54, 1.807) is 10.7 Å². The maximum absolute atomic E-state index is 12.9. The lowest BCUT2D eigenvalue weighted by molar-refractivity contribution is 0.101. The summed E-state index contributed by atoms with van der Waals surface area (Å²) in [5.41, 5.74) is 5.42. The van der Waals surface area contributed by atoms with Crippen molar-refractivity contribution >= 4 is 23.2 Å². The van der Waals surface area contributed by atoms with E-state index in [4.69, 9.17) is 11.6 Å². The van der Waals surface area contributed by atoms with Crippen LogP contribution in [-0.2, 0) is 0 Å². The number of hydrogen-bond donors (Lipinski definition) is 1. The molecule has 150 valence electrons. The summed E-state index contributed by atoms with van der Waals surface area (Å²) in [4.78, 5) is 17.5. The lowest BCUT2D eigenvalue weighted by atomic mass is 10.1. The first-order chi connectivity index (χ1) is 14.4. The number of nitrogens with one attached hydrogen (secondary N) is 1. The highest BCUT2D eigenvalue weighted by Gasteiger charge is 2.20. The van der Waals surface area contributed by atoms with Crippen molar-refractivity contribution in [2.24, 2.45) is 0 Å². The minimum atomic E-state index is -0.412. The number of amides is 1. The second-order valence-corrected chi connectivity index (χ2v) is 7.67. The number of nitrogens with zero attached hydrogens (tertiary/aromatic N) is 3. The van der Waals surface area contributed by atoms with Gasteiger partial charge < -0.3 is 5.32 Å². The van der Waals surface area contributed by atoms with Gasteiger partial charge in [-0.1, -0.05) is 71.3 Å². The summed E-state index contributed by atoms with van der Waals surface area (Å²) in [6, 6.07) is 21.4. The fraction of sp³-hybridized carbons (Fsp3) is 0.125. The monoisotopic (exact) mass is 416 g/mol. The predicted octanol–water partition coefficient (Wildman–Crippen LogP) is 5.77. The van der Waals surface area contributed by atoms with Crippen LogP contribution in [0.2, 0.25) is 5.02 Å². The fourth-order valence-electron chi connectivity index (χ4n) is 3.12. The summed E-state index contributed by atoms with van der Waals surface area (Å²) < 4.78 is 1.69. The maximum Gasteiger partial charge on any atom is 0.295 e. The molecule has 0 saturated carbocycles. The van der Waals surface area contributed by atoms with Gasteiger partial charge in [-0.2, -0.15) is 0 Å². The van der Waals surface area contributed by atoms with Crippen LogP contribution in [0.1, 0.15) is 27.3 Å². The van der Waals surface area contributed by atoms with Crippen molar-refractivity contribution in [3.8, 4) is 17.1 Å². The molecule has 0 fully saturated rings. The molecule has 5 nitrogen and oxygen atoms in total. The van der Waals surface area contributed by atoms with Gasteiger partial charge in [-0.3, -0.25) is 4.79 Å². The van der Waals surface area contributed by atoms with Gasteiger partial charge in [0.05, 0.1) is 16.4 Å². The number of benzene rings is 3. The zero-order valence-corrected chi connectivity index (χ0v) is 17.7. The van der Waals surface area contributed by atoms with Crippen molar-refractivity contribution < 1.29 is 4.79 Å². The van der Waals surface area contributed by atoms with Gasteiger partial charge in [0.25, 0.3) is 5.91 Å². The Kier molecular flexibility index (Phi) is 5.38. The Morgan fingerprint density at radius 2 is 1.53 bits per heavy atom. The third kappa shape index (κ3) is 3.98. The van der Waals surface area contributed by atoms with E-state index in [0.717, 1.165) is 27.9 Å². The normalized spacial score (nSPS) is 10.8. The SMILES string of the molecule is Cc1ccc(-c2nc(C(=O)Nc3c(C)cccc3Cl)nn2-c2ccc(C)cc2)cc1. The van der Waals surface area contributed by atoms with Crippen molar-refractivity contribution in [1.82, 2.24) is 14.8 Å². The molecule has 3 aromatic carbocycles. The Morgan fingerprint density at radius 1 is 0.900 bits per heavy atom. The van der Waals surface area contributed by atoms with Gasteiger partial charge in [-0.15, -0.1) is 5.10 Å². The molecule has 0 spiro atoms. The molecule has 0 saturated heterocycles. The van der Waals surface area contributed by atoms with Crippen molar-refractivity contribution in [3.63, 3.8) is 0 Å². The Balaban J connectivity index is 1.77. The quantitative estimate of drug-likeness (QED) is 0.459. The average Bonchev–Trinajstić information content (AvgIpc) is 3.17. The van der Waals surface area contributed by atoms with E-state index >= 15 is 0 Å². The van der Waals surface area contributed by atoms with Gasteiger partial charge in [0.1, 0.15) is 0 Å². The number of aromatic nitrogens is 3. The van der Waals surface area contributed by atoms with Crippen LogP contribution >= 0.6 is 11.6 Å². The van der Waals surface area contributed by atoms with Crippen LogP contribution in [0.3, 0.4) is 0 Å². The predicted molar refractivity (Wildman–Crippen MR) is 120 cm³/mol. The summed E-state index contributed by atoms with van der Waals surface area (Å²) in [5, 5.41) is 7.83. The Morgan fingerprint density at radius 3 is 2.17 bits per heavy atom. The molecule has 4 aromatic rings. The summed E-state index contributed by atoms with van der Waals surface area (Å²) >= 11 is 6.26. The first kappa shape index (κ1) is 19.9. The van der Waals surface area contributed by atoms with Crippen LogP contribution in [0.5, 0.6) is 0 Å². The number of rotatable bonds is 4. The van der Waals surface area contributed by atoms with Gasteiger partial charge in [0.2, 0.25) is 5.82 Å². The van der Waals surface area contributed by atoms with Crippen LogP contribution < -0.4 is 5.32 Å². The average molecular weight is 417 g/mol. The van der Waals surface area contributed by atoms with Crippen molar-refractivity contribution in [1.29, 1.82) is 0 Å². The van der Waals surface area contributed by atoms with E-state index in [2.05, 4.69) is 15.4 Å². The van der Waals surface area contributed by atoms with Crippen LogP contribution in [0.25, 0.3) is 17.1 Å². The molecular formula is C24H21ClN4O. The second-order valence-electron chi connectivity index (χ2n) is 7.26.